The van der Waals surface area contributed by atoms with E-state index < -0.39 is 23.7 Å². The van der Waals surface area contributed by atoms with Gasteiger partial charge in [0.2, 0.25) is 0 Å². The van der Waals surface area contributed by atoms with E-state index in [1.165, 1.54) is 19.2 Å². The zero-order chi connectivity index (χ0) is 25.6. The van der Waals surface area contributed by atoms with Gasteiger partial charge in [-0.2, -0.15) is 13.2 Å². The highest BCUT2D eigenvalue weighted by molar-refractivity contribution is 5.75. The summed E-state index contributed by atoms with van der Waals surface area (Å²) >= 11 is 0. The van der Waals surface area contributed by atoms with E-state index >= 15 is 0 Å². The van der Waals surface area contributed by atoms with Crippen LogP contribution < -0.4 is 9.47 Å². The number of carbonyl (C=O) groups is 1. The van der Waals surface area contributed by atoms with Crippen molar-refractivity contribution in [2.24, 2.45) is 0 Å². The highest BCUT2D eigenvalue weighted by Crippen LogP contribution is 2.47. The Balaban J connectivity index is 1.47. The molecule has 0 spiro atoms. The molecule has 0 fully saturated rings. The molecule has 3 aromatic rings. The third-order valence-electron chi connectivity index (χ3n) is 6.66. The van der Waals surface area contributed by atoms with Gasteiger partial charge in [-0.1, -0.05) is 12.1 Å². The van der Waals surface area contributed by atoms with Gasteiger partial charge < -0.3 is 19.3 Å². The van der Waals surface area contributed by atoms with Gasteiger partial charge in [0.15, 0.2) is 0 Å². The molecule has 0 aromatic heterocycles. The first-order valence-corrected chi connectivity index (χ1v) is 11.4. The minimum atomic E-state index is -4.69. The van der Waals surface area contributed by atoms with Gasteiger partial charge in [0.25, 0.3) is 0 Å². The van der Waals surface area contributed by atoms with Crippen LogP contribution in [0.1, 0.15) is 47.1 Å². The molecule has 2 aliphatic rings. The second-order valence-electron chi connectivity index (χ2n) is 8.85. The van der Waals surface area contributed by atoms with E-state index in [0.29, 0.717) is 35.7 Å². The Morgan fingerprint density at radius 2 is 1.89 bits per heavy atom. The fraction of sp³-hybridized carbons (Fsp3) is 0.296. The lowest BCUT2D eigenvalue weighted by atomic mass is 9.91. The van der Waals surface area contributed by atoms with Crippen molar-refractivity contribution in [2.45, 2.75) is 37.5 Å². The molecule has 1 heterocycles. The first kappa shape index (κ1) is 24.0. The van der Waals surface area contributed by atoms with E-state index in [9.17, 15) is 27.5 Å². The average Bonchev–Trinajstić information content (AvgIpc) is 3.42. The molecule has 5 rings (SSSR count). The number of rotatable bonds is 5. The van der Waals surface area contributed by atoms with E-state index in [4.69, 9.17) is 14.2 Å². The average molecular weight is 502 g/mol. The number of carbonyl (C=O) groups excluding carboxylic acids is 1. The van der Waals surface area contributed by atoms with Crippen LogP contribution >= 0.6 is 0 Å². The second-order valence-corrected chi connectivity index (χ2v) is 8.85. The van der Waals surface area contributed by atoms with Crippen molar-refractivity contribution >= 4 is 5.97 Å². The molecule has 0 saturated carbocycles. The quantitative estimate of drug-likeness (QED) is 0.327. The van der Waals surface area contributed by atoms with Crippen molar-refractivity contribution in [3.63, 3.8) is 0 Å². The van der Waals surface area contributed by atoms with Gasteiger partial charge in [-0.05, 0) is 48.2 Å². The normalized spacial score (nSPS) is 18.4. The minimum absolute atomic E-state index is 0.128. The number of ether oxygens (including phenoxy) is 3. The lowest BCUT2D eigenvalue weighted by Gasteiger charge is -2.20. The van der Waals surface area contributed by atoms with E-state index in [1.54, 1.807) is 12.1 Å². The number of hydrogen-bond donors (Lipinski definition) is 1. The lowest BCUT2D eigenvalue weighted by Crippen LogP contribution is -2.11. The standard InChI is InChI=1S/C27H22F4O5/c1-34-25(33)10-14-13-35-24-12-16(3-5-17(14)24)36-23-9-7-19-18(23)6-8-21(27(29,30)31)26(19)20-4-2-15(32)11-22(20)28/h2-6,8,11-12,14,23,32H,7,9-10,13H2,1H3/t14-,23-/m1/s1. The van der Waals surface area contributed by atoms with Crippen LogP contribution in [0.4, 0.5) is 17.6 Å². The number of phenolic OH excluding ortho intramolecular Hbond substituents is 1. The van der Waals surface area contributed by atoms with Crippen LogP contribution in [0, 0.1) is 5.82 Å². The largest absolute Gasteiger partial charge is 0.508 e. The Bertz CT molecular complexity index is 1330. The van der Waals surface area contributed by atoms with Crippen LogP contribution in [-0.4, -0.2) is 24.8 Å². The molecule has 5 nitrogen and oxygen atoms in total. The lowest BCUT2D eigenvalue weighted by molar-refractivity contribution is -0.141. The SMILES string of the molecule is COC(=O)C[C@@H]1COc2cc(O[C@@H]3CCc4c3ccc(C(F)(F)F)c4-c3ccc(O)cc3F)ccc21. The maximum Gasteiger partial charge on any atom is 0.417 e. The van der Waals surface area contributed by atoms with Crippen molar-refractivity contribution in [3.05, 3.63) is 76.6 Å². The zero-order valence-corrected chi connectivity index (χ0v) is 19.2. The molecule has 0 radical (unpaired) electrons. The van der Waals surface area contributed by atoms with E-state index in [-0.39, 0.29) is 41.6 Å². The number of phenols is 1. The van der Waals surface area contributed by atoms with Crippen molar-refractivity contribution in [3.8, 4) is 28.4 Å². The molecule has 36 heavy (non-hydrogen) atoms. The van der Waals surface area contributed by atoms with Crippen LogP contribution in [0.2, 0.25) is 0 Å². The first-order chi connectivity index (χ1) is 17.2. The molecule has 0 unspecified atom stereocenters. The number of alkyl halides is 3. The molecule has 1 N–H and O–H groups in total. The summed E-state index contributed by atoms with van der Waals surface area (Å²) in [7, 11) is 1.33. The smallest absolute Gasteiger partial charge is 0.417 e. The second kappa shape index (κ2) is 9.04. The summed E-state index contributed by atoms with van der Waals surface area (Å²) in [6.45, 7) is 0.335. The highest BCUT2D eigenvalue weighted by Gasteiger charge is 2.39. The molecule has 1 aliphatic heterocycles. The number of esters is 1. The van der Waals surface area contributed by atoms with Gasteiger partial charge in [0.1, 0.15) is 29.2 Å². The number of halogens is 4. The summed E-state index contributed by atoms with van der Waals surface area (Å²) in [5.41, 5.74) is 0.394. The number of methoxy groups -OCH3 is 1. The molecule has 188 valence electrons. The summed E-state index contributed by atoms with van der Waals surface area (Å²) < 4.78 is 72.9. The Labute approximate surface area is 204 Å². The summed E-state index contributed by atoms with van der Waals surface area (Å²) in [5.74, 6) is -0.709. The van der Waals surface area contributed by atoms with Gasteiger partial charge in [0.05, 0.1) is 25.7 Å². The molecule has 9 heteroatoms. The molecule has 0 bridgehead atoms. The van der Waals surface area contributed by atoms with Gasteiger partial charge in [-0.25, -0.2) is 4.39 Å². The fourth-order valence-electron chi connectivity index (χ4n) is 4.99. The van der Waals surface area contributed by atoms with Crippen molar-refractivity contribution in [2.75, 3.05) is 13.7 Å². The monoisotopic (exact) mass is 502 g/mol. The molecular weight excluding hydrogens is 480 g/mol. The van der Waals surface area contributed by atoms with Crippen LogP contribution in [0.25, 0.3) is 11.1 Å². The maximum absolute atomic E-state index is 14.7. The van der Waals surface area contributed by atoms with Crippen LogP contribution in [0.5, 0.6) is 17.2 Å². The Morgan fingerprint density at radius 1 is 1.11 bits per heavy atom. The molecule has 0 amide bonds. The van der Waals surface area contributed by atoms with Crippen molar-refractivity contribution in [1.82, 2.24) is 0 Å². The molecule has 2 atom stereocenters. The third-order valence-corrected chi connectivity index (χ3v) is 6.66. The summed E-state index contributed by atoms with van der Waals surface area (Å²) in [6.07, 6.45) is -4.36. The number of hydrogen-bond acceptors (Lipinski definition) is 5. The van der Waals surface area contributed by atoms with Gasteiger partial charge in [0, 0.05) is 34.7 Å². The van der Waals surface area contributed by atoms with Crippen LogP contribution in [-0.2, 0) is 22.1 Å². The predicted molar refractivity (Wildman–Crippen MR) is 122 cm³/mol. The van der Waals surface area contributed by atoms with Crippen molar-refractivity contribution < 1.29 is 41.7 Å². The minimum Gasteiger partial charge on any atom is -0.508 e. The summed E-state index contributed by atoms with van der Waals surface area (Å²) in [5, 5.41) is 9.54. The summed E-state index contributed by atoms with van der Waals surface area (Å²) in [6, 6.07) is 10.7. The first-order valence-electron chi connectivity index (χ1n) is 11.4. The predicted octanol–water partition coefficient (Wildman–Crippen LogP) is 6.32. The van der Waals surface area contributed by atoms with E-state index in [1.807, 2.05) is 6.07 Å². The topological polar surface area (TPSA) is 65.0 Å². The molecule has 1 aliphatic carbocycles. The van der Waals surface area contributed by atoms with Crippen LogP contribution in [0.3, 0.4) is 0 Å². The Kier molecular flexibility index (Phi) is 6.02. The van der Waals surface area contributed by atoms with Gasteiger partial charge in [-0.15, -0.1) is 0 Å². The number of fused-ring (bicyclic) bond motifs is 2. The number of aromatic hydroxyl groups is 1. The zero-order valence-electron chi connectivity index (χ0n) is 19.2. The third kappa shape index (κ3) is 4.34. The molecule has 0 saturated heterocycles. The van der Waals surface area contributed by atoms with E-state index in [2.05, 4.69) is 0 Å². The van der Waals surface area contributed by atoms with Crippen LogP contribution in [0.15, 0.2) is 48.5 Å². The van der Waals surface area contributed by atoms with Gasteiger partial charge >= 0.3 is 12.1 Å². The Morgan fingerprint density at radius 3 is 2.61 bits per heavy atom. The van der Waals surface area contributed by atoms with Crippen molar-refractivity contribution in [1.29, 1.82) is 0 Å². The molecular formula is C27H22F4O5. The highest BCUT2D eigenvalue weighted by atomic mass is 19.4. The maximum atomic E-state index is 14.7. The molecule has 3 aromatic carbocycles. The number of benzene rings is 3. The summed E-state index contributed by atoms with van der Waals surface area (Å²) in [4.78, 5) is 11.6. The Hall–Kier alpha value is -3.75. The van der Waals surface area contributed by atoms with E-state index in [0.717, 1.165) is 23.8 Å². The van der Waals surface area contributed by atoms with Gasteiger partial charge in [-0.3, -0.25) is 4.79 Å². The fourth-order valence-corrected chi connectivity index (χ4v) is 4.99.